The monoisotopic (exact) mass is 386 g/mol. The van der Waals surface area contributed by atoms with Crippen LogP contribution in [0.15, 0.2) is 48.5 Å². The van der Waals surface area contributed by atoms with Crippen molar-refractivity contribution in [2.45, 2.75) is 37.3 Å². The number of nitrogens with zero attached hydrogens (tertiary/aromatic N) is 1. The third kappa shape index (κ3) is 5.16. The Balaban J connectivity index is 1.41. The van der Waals surface area contributed by atoms with E-state index >= 15 is 0 Å². The molecule has 0 aliphatic carbocycles. The standard InChI is InChI=1S/C23H28F2N2O/c24-19-7-3-17(4-8-19)23(18-5-9-20(25)10-6-18)2-1-12-27-13-11-26-15-21(27)14-22-16-28-22/h3-10,21-23,26H,1-2,11-16H2. The minimum Gasteiger partial charge on any atom is -0.373 e. The van der Waals surface area contributed by atoms with Gasteiger partial charge in [-0.25, -0.2) is 8.78 Å². The Labute approximate surface area is 165 Å². The van der Waals surface area contributed by atoms with E-state index in [-0.39, 0.29) is 17.6 Å². The lowest BCUT2D eigenvalue weighted by Gasteiger charge is -2.36. The maximum atomic E-state index is 13.4. The molecule has 5 heteroatoms. The second kappa shape index (κ2) is 9.12. The first-order chi connectivity index (χ1) is 13.7. The number of nitrogens with one attached hydrogen (secondary N) is 1. The lowest BCUT2D eigenvalue weighted by Crippen LogP contribution is -2.51. The molecule has 2 fully saturated rings. The number of piperazine rings is 1. The van der Waals surface area contributed by atoms with Crippen LogP contribution in [0.2, 0.25) is 0 Å². The summed E-state index contributed by atoms with van der Waals surface area (Å²) in [5.41, 5.74) is 2.16. The molecule has 2 unspecified atom stereocenters. The summed E-state index contributed by atoms with van der Waals surface area (Å²) in [5.74, 6) is -0.311. The number of halogens is 2. The molecule has 0 spiro atoms. The molecular formula is C23H28F2N2O. The Morgan fingerprint density at radius 1 is 1.00 bits per heavy atom. The molecule has 2 saturated heterocycles. The van der Waals surface area contributed by atoms with Gasteiger partial charge in [0.15, 0.2) is 0 Å². The molecule has 2 aromatic carbocycles. The average Bonchev–Trinajstić information content (AvgIpc) is 3.52. The van der Waals surface area contributed by atoms with Crippen molar-refractivity contribution in [3.05, 3.63) is 71.3 Å². The molecular weight excluding hydrogens is 358 g/mol. The first kappa shape index (κ1) is 19.5. The second-order valence-corrected chi connectivity index (χ2v) is 7.88. The Bertz CT molecular complexity index is 701. The maximum absolute atomic E-state index is 13.4. The smallest absolute Gasteiger partial charge is 0.123 e. The van der Waals surface area contributed by atoms with Crippen molar-refractivity contribution < 1.29 is 13.5 Å². The van der Waals surface area contributed by atoms with Crippen molar-refractivity contribution in [2.75, 3.05) is 32.8 Å². The molecule has 28 heavy (non-hydrogen) atoms. The van der Waals surface area contributed by atoms with Gasteiger partial charge in [0, 0.05) is 31.6 Å². The van der Waals surface area contributed by atoms with E-state index in [4.69, 9.17) is 4.74 Å². The number of ether oxygens (including phenoxy) is 1. The predicted octanol–water partition coefficient (Wildman–Crippen LogP) is 3.94. The number of hydrogen-bond donors (Lipinski definition) is 1. The van der Waals surface area contributed by atoms with Gasteiger partial charge in [0.05, 0.1) is 12.7 Å². The van der Waals surface area contributed by atoms with E-state index in [1.165, 1.54) is 24.3 Å². The number of epoxide rings is 1. The fourth-order valence-electron chi connectivity index (χ4n) is 4.25. The van der Waals surface area contributed by atoms with Gasteiger partial charge in [-0.05, 0) is 61.2 Å². The summed E-state index contributed by atoms with van der Waals surface area (Å²) in [6, 6.07) is 14.0. The number of hydrogen-bond acceptors (Lipinski definition) is 3. The first-order valence-electron chi connectivity index (χ1n) is 10.3. The minimum atomic E-state index is -0.229. The van der Waals surface area contributed by atoms with Crippen molar-refractivity contribution in [3.8, 4) is 0 Å². The quantitative estimate of drug-likeness (QED) is 0.697. The van der Waals surface area contributed by atoms with Crippen LogP contribution in [0.5, 0.6) is 0 Å². The highest BCUT2D eigenvalue weighted by molar-refractivity contribution is 5.32. The van der Waals surface area contributed by atoms with Crippen LogP contribution in [0.25, 0.3) is 0 Å². The van der Waals surface area contributed by atoms with Gasteiger partial charge in [0.1, 0.15) is 11.6 Å². The molecule has 0 bridgehead atoms. The van der Waals surface area contributed by atoms with Crippen molar-refractivity contribution >= 4 is 0 Å². The summed E-state index contributed by atoms with van der Waals surface area (Å²) in [4.78, 5) is 2.57. The van der Waals surface area contributed by atoms with Crippen molar-refractivity contribution in [1.29, 1.82) is 0 Å². The van der Waals surface area contributed by atoms with Crippen LogP contribution in [0, 0.1) is 11.6 Å². The molecule has 2 aliphatic rings. The van der Waals surface area contributed by atoms with Crippen LogP contribution in [0.1, 0.15) is 36.3 Å². The van der Waals surface area contributed by atoms with Crippen LogP contribution in [0.4, 0.5) is 8.78 Å². The van der Waals surface area contributed by atoms with Crippen molar-refractivity contribution in [3.63, 3.8) is 0 Å². The van der Waals surface area contributed by atoms with E-state index in [9.17, 15) is 8.78 Å². The van der Waals surface area contributed by atoms with Gasteiger partial charge in [-0.15, -0.1) is 0 Å². The van der Waals surface area contributed by atoms with Crippen LogP contribution >= 0.6 is 0 Å². The molecule has 2 aromatic rings. The highest BCUT2D eigenvalue weighted by Gasteiger charge is 2.31. The van der Waals surface area contributed by atoms with Crippen LogP contribution in [-0.2, 0) is 4.74 Å². The van der Waals surface area contributed by atoms with Crippen molar-refractivity contribution in [2.24, 2.45) is 0 Å². The van der Waals surface area contributed by atoms with Gasteiger partial charge in [-0.1, -0.05) is 24.3 Å². The summed E-state index contributed by atoms with van der Waals surface area (Å²) in [7, 11) is 0. The average molecular weight is 386 g/mol. The molecule has 2 aliphatic heterocycles. The van der Waals surface area contributed by atoms with E-state index in [2.05, 4.69) is 10.2 Å². The molecule has 0 radical (unpaired) electrons. The fraction of sp³-hybridized carbons (Fsp3) is 0.478. The van der Waals surface area contributed by atoms with Gasteiger partial charge in [0.2, 0.25) is 0 Å². The maximum Gasteiger partial charge on any atom is 0.123 e. The van der Waals surface area contributed by atoms with Gasteiger partial charge in [0.25, 0.3) is 0 Å². The summed E-state index contributed by atoms with van der Waals surface area (Å²) >= 11 is 0. The van der Waals surface area contributed by atoms with Crippen molar-refractivity contribution in [1.82, 2.24) is 10.2 Å². The van der Waals surface area contributed by atoms with E-state index in [0.717, 1.165) is 63.2 Å². The lowest BCUT2D eigenvalue weighted by atomic mass is 9.87. The summed E-state index contributed by atoms with van der Waals surface area (Å²) in [6.45, 7) is 5.06. The van der Waals surface area contributed by atoms with E-state index in [1.54, 1.807) is 0 Å². The fourth-order valence-corrected chi connectivity index (χ4v) is 4.25. The zero-order chi connectivity index (χ0) is 19.3. The van der Waals surface area contributed by atoms with Gasteiger partial charge < -0.3 is 10.1 Å². The zero-order valence-electron chi connectivity index (χ0n) is 16.1. The van der Waals surface area contributed by atoms with Gasteiger partial charge in [-0.2, -0.15) is 0 Å². The Kier molecular flexibility index (Phi) is 6.35. The molecule has 150 valence electrons. The third-order valence-electron chi connectivity index (χ3n) is 5.89. The summed E-state index contributed by atoms with van der Waals surface area (Å²) in [6.07, 6.45) is 3.54. The molecule has 0 amide bonds. The minimum absolute atomic E-state index is 0.148. The highest BCUT2D eigenvalue weighted by Crippen LogP contribution is 2.30. The van der Waals surface area contributed by atoms with Crippen LogP contribution in [-0.4, -0.2) is 49.8 Å². The van der Waals surface area contributed by atoms with Gasteiger partial charge >= 0.3 is 0 Å². The molecule has 0 aromatic heterocycles. The second-order valence-electron chi connectivity index (χ2n) is 7.88. The Morgan fingerprint density at radius 2 is 1.61 bits per heavy atom. The van der Waals surface area contributed by atoms with Crippen LogP contribution < -0.4 is 5.32 Å². The lowest BCUT2D eigenvalue weighted by molar-refractivity contribution is 0.141. The normalized spacial score (nSPS) is 22.5. The number of rotatable bonds is 8. The largest absolute Gasteiger partial charge is 0.373 e. The SMILES string of the molecule is Fc1ccc(C(CCCN2CCNCC2CC2CO2)c2ccc(F)cc2)cc1. The molecule has 3 nitrogen and oxygen atoms in total. The number of benzene rings is 2. The summed E-state index contributed by atoms with van der Waals surface area (Å²) in [5, 5.41) is 3.49. The predicted molar refractivity (Wildman–Crippen MR) is 106 cm³/mol. The molecule has 1 N–H and O–H groups in total. The Morgan fingerprint density at radius 3 is 2.18 bits per heavy atom. The molecule has 4 rings (SSSR count). The highest BCUT2D eigenvalue weighted by atomic mass is 19.1. The van der Waals surface area contributed by atoms with Crippen LogP contribution in [0.3, 0.4) is 0 Å². The summed E-state index contributed by atoms with van der Waals surface area (Å²) < 4.78 is 32.2. The zero-order valence-corrected chi connectivity index (χ0v) is 16.1. The molecule has 0 saturated carbocycles. The first-order valence-corrected chi connectivity index (χ1v) is 10.3. The third-order valence-corrected chi connectivity index (χ3v) is 5.89. The molecule has 2 atom stereocenters. The van der Waals surface area contributed by atoms with E-state index < -0.39 is 0 Å². The van der Waals surface area contributed by atoms with E-state index in [0.29, 0.717) is 12.1 Å². The van der Waals surface area contributed by atoms with Gasteiger partial charge in [-0.3, -0.25) is 4.90 Å². The topological polar surface area (TPSA) is 27.8 Å². The molecule has 2 heterocycles. The Hall–Kier alpha value is -1.82. The van der Waals surface area contributed by atoms with E-state index in [1.807, 2.05) is 24.3 Å².